The molecule has 1 saturated heterocycles. The van der Waals surface area contributed by atoms with Crippen LogP contribution in [0.15, 0.2) is 71.4 Å². The summed E-state index contributed by atoms with van der Waals surface area (Å²) in [5, 5.41) is 35.2. The number of guanidine groups is 1. The number of carbonyl (C=O) groups is 10. The summed E-state index contributed by atoms with van der Waals surface area (Å²) in [5.41, 5.74) is 12.0. The maximum atomic E-state index is 14.4. The highest BCUT2D eigenvalue weighted by atomic mass is 16.5. The van der Waals surface area contributed by atoms with Crippen molar-refractivity contribution in [1.82, 2.24) is 36.8 Å². The zero-order chi connectivity index (χ0) is 55.1. The van der Waals surface area contributed by atoms with E-state index in [4.69, 9.17) is 16.2 Å². The number of aliphatic imine (C=N–C) groups is 1. The van der Waals surface area contributed by atoms with Crippen molar-refractivity contribution < 1.29 is 62.9 Å². The van der Waals surface area contributed by atoms with Crippen LogP contribution in [0.2, 0.25) is 0 Å². The van der Waals surface area contributed by atoms with Gasteiger partial charge in [-0.2, -0.15) is 0 Å². The molecule has 73 heavy (non-hydrogen) atoms. The summed E-state index contributed by atoms with van der Waals surface area (Å²) < 4.78 is 5.67. The van der Waals surface area contributed by atoms with Crippen LogP contribution in [0, 0.1) is 17.8 Å². The van der Waals surface area contributed by atoms with E-state index in [1.165, 1.54) is 33.9 Å². The first kappa shape index (κ1) is 61.5. The number of unbranched alkanes of at least 4 members (excludes halogenated alkanes) is 1. The van der Waals surface area contributed by atoms with Crippen LogP contribution in [0.4, 0.5) is 0 Å². The molecule has 0 aromatic heterocycles. The Labute approximate surface area is 425 Å². The summed E-state index contributed by atoms with van der Waals surface area (Å²) in [4.78, 5) is 137. The molecule has 0 unspecified atom stereocenters. The molecule has 7 amide bonds. The lowest BCUT2D eigenvalue weighted by Gasteiger charge is -2.27. The first-order valence-corrected chi connectivity index (χ1v) is 24.1. The molecule has 23 heteroatoms. The van der Waals surface area contributed by atoms with Crippen molar-refractivity contribution in [2.24, 2.45) is 34.2 Å². The van der Waals surface area contributed by atoms with Gasteiger partial charge in [-0.05, 0) is 57.4 Å². The molecule has 0 saturated carbocycles. The van der Waals surface area contributed by atoms with Gasteiger partial charge in [-0.25, -0.2) is 9.59 Å². The van der Waals surface area contributed by atoms with Gasteiger partial charge in [-0.3, -0.25) is 43.3 Å². The number of hydrogen-bond acceptors (Lipinski definition) is 12. The van der Waals surface area contributed by atoms with Gasteiger partial charge in [0.15, 0.2) is 5.96 Å². The molecule has 0 bridgehead atoms. The van der Waals surface area contributed by atoms with Crippen molar-refractivity contribution in [3.8, 4) is 0 Å². The third-order valence-electron chi connectivity index (χ3n) is 11.8. The Morgan fingerprint density at radius 2 is 1.45 bits per heavy atom. The molecule has 1 aliphatic heterocycles. The van der Waals surface area contributed by atoms with Gasteiger partial charge in [0.1, 0.15) is 42.0 Å². The number of hydrogen-bond donors (Lipinski definition) is 10. The van der Waals surface area contributed by atoms with Crippen molar-refractivity contribution >= 4 is 65.2 Å². The minimum absolute atomic E-state index is 0.00293. The van der Waals surface area contributed by atoms with Gasteiger partial charge in [-0.15, -0.1) is 0 Å². The monoisotopic (exact) mass is 1020 g/mol. The number of esters is 1. The van der Waals surface area contributed by atoms with Gasteiger partial charge in [0.2, 0.25) is 35.4 Å². The molecule has 9 atom stereocenters. The summed E-state index contributed by atoms with van der Waals surface area (Å²) in [6, 6.07) is 0.603. The highest BCUT2D eigenvalue weighted by Crippen LogP contribution is 2.19. The van der Waals surface area contributed by atoms with Crippen LogP contribution in [0.3, 0.4) is 0 Å². The minimum Gasteiger partial charge on any atom is -0.480 e. The van der Waals surface area contributed by atoms with Gasteiger partial charge in [-0.1, -0.05) is 88.4 Å². The Hall–Kier alpha value is -7.59. The van der Waals surface area contributed by atoms with Gasteiger partial charge in [0, 0.05) is 39.3 Å². The van der Waals surface area contributed by atoms with Crippen LogP contribution in [-0.4, -0.2) is 136 Å². The van der Waals surface area contributed by atoms with Crippen LogP contribution in [0.1, 0.15) is 99.0 Å². The van der Waals surface area contributed by atoms with Crippen LogP contribution >= 0.6 is 0 Å². The second kappa shape index (κ2) is 30.3. The maximum absolute atomic E-state index is 14.4. The van der Waals surface area contributed by atoms with E-state index in [1.54, 1.807) is 26.8 Å². The van der Waals surface area contributed by atoms with Crippen LogP contribution in [-0.2, 0) is 59.1 Å². The van der Waals surface area contributed by atoms with Gasteiger partial charge >= 0.3 is 17.9 Å². The fourth-order valence-corrected chi connectivity index (χ4v) is 7.49. The van der Waals surface area contributed by atoms with Crippen molar-refractivity contribution in [1.29, 1.82) is 0 Å². The fourth-order valence-electron chi connectivity index (χ4n) is 7.49. The summed E-state index contributed by atoms with van der Waals surface area (Å²) in [6.45, 7) is 14.9. The Morgan fingerprint density at radius 3 is 2.04 bits per heavy atom. The molecule has 0 spiro atoms. The van der Waals surface area contributed by atoms with Gasteiger partial charge in [0.25, 0.3) is 5.91 Å². The average Bonchev–Trinajstić information content (AvgIpc) is 3.31. The first-order chi connectivity index (χ1) is 34.2. The standard InChI is InChI=1S/C50H74N10O13/c1-27(2)23-38-47(68)59-39(49(71)72)26-41(62)55-36(17-13-14-22-53-50(51)52)46(67)56-35(19-18-28(3)24-29(4)40(73-33(8)61)25-34-15-11-10-12-16-34)30(5)43(64)57-37(48(69)70)20-21-42(63)60(9)32(7)45(66)54-31(6)44(65)58-38/h10-12,15-16,18-19,24,27,29-31,35-40H,7,13-14,17,20-23,25-26H2,1-6,8-9H3,(H,54,66)(H,55,62)(H,56,67)(H,57,64)(H,58,65)(H,59,68)(H,69,70)(H,71,72)(H4,51,52,53)/b19-18+,28-24+/t29-,30-,31+,35-,36-,37+,38-,39+,40-/m0/s1. The SMILES string of the molecule is C=C1C(=O)N[C@H](C)C(=O)N[C@@H](CC(C)C)C(=O)N[C@@H](C(=O)O)CC(=O)N[C@@H](CCCCN=C(N)N)C(=O)N[C@@H](/C=C/C(C)=C/[C@H](C)[C@H](Cc2ccccc2)OC(C)=O)[C@H](C)C(=O)N[C@@H](C(=O)O)CCC(=O)N1C. The number of likely N-dealkylation sites (N-methyl/N-ethyl adjacent to an activating group) is 1. The number of nitrogens with two attached hydrogens (primary N) is 2. The largest absolute Gasteiger partial charge is 0.480 e. The topological polar surface area (TPSA) is 360 Å². The highest BCUT2D eigenvalue weighted by molar-refractivity contribution is 6.00. The number of allylic oxidation sites excluding steroid dienone is 2. The molecular formula is C50H74N10O13. The Bertz CT molecular complexity index is 2240. The number of carboxylic acids is 2. The molecule has 1 aromatic carbocycles. The van der Waals surface area contributed by atoms with Crippen LogP contribution in [0.25, 0.3) is 0 Å². The summed E-state index contributed by atoms with van der Waals surface area (Å²) in [5.74, 6) is -11.8. The molecule has 0 aliphatic carbocycles. The highest BCUT2D eigenvalue weighted by Gasteiger charge is 2.34. The molecule has 0 radical (unpaired) electrons. The van der Waals surface area contributed by atoms with E-state index in [9.17, 15) is 58.2 Å². The lowest BCUT2D eigenvalue weighted by atomic mass is 9.94. The molecular weight excluding hydrogens is 949 g/mol. The van der Waals surface area contributed by atoms with E-state index in [0.29, 0.717) is 18.4 Å². The van der Waals surface area contributed by atoms with E-state index >= 15 is 0 Å². The van der Waals surface area contributed by atoms with E-state index in [2.05, 4.69) is 43.5 Å². The Morgan fingerprint density at radius 1 is 0.836 bits per heavy atom. The fraction of sp³-hybridized carbons (Fsp3) is 0.540. The van der Waals surface area contributed by atoms with Crippen molar-refractivity contribution in [2.75, 3.05) is 13.6 Å². The first-order valence-electron chi connectivity index (χ1n) is 24.1. The Kier molecular flexibility index (Phi) is 25.6. The van der Waals surface area contributed by atoms with Crippen molar-refractivity contribution in [3.63, 3.8) is 0 Å². The van der Waals surface area contributed by atoms with Crippen molar-refractivity contribution in [2.45, 2.75) is 142 Å². The summed E-state index contributed by atoms with van der Waals surface area (Å²) in [7, 11) is 1.20. The second-order valence-electron chi connectivity index (χ2n) is 18.5. The lowest BCUT2D eigenvalue weighted by Crippen LogP contribution is -2.57. The molecule has 12 N–H and O–H groups in total. The number of nitrogens with one attached hydrogen (secondary N) is 6. The number of ether oxygens (including phenoxy) is 1. The zero-order valence-electron chi connectivity index (χ0n) is 42.9. The number of benzene rings is 1. The van der Waals surface area contributed by atoms with Gasteiger partial charge in [0.05, 0.1) is 18.4 Å². The predicted molar refractivity (Wildman–Crippen MR) is 269 cm³/mol. The third-order valence-corrected chi connectivity index (χ3v) is 11.8. The molecule has 1 heterocycles. The Balaban J connectivity index is 2.72. The van der Waals surface area contributed by atoms with E-state index < -0.39 is 132 Å². The smallest absolute Gasteiger partial charge is 0.326 e. The third kappa shape index (κ3) is 22.2. The van der Waals surface area contributed by atoms with Crippen molar-refractivity contribution in [3.05, 3.63) is 72.0 Å². The average molecular weight is 1020 g/mol. The quantitative estimate of drug-likeness (QED) is 0.0272. The second-order valence-corrected chi connectivity index (χ2v) is 18.5. The number of nitrogens with zero attached hydrogens (tertiary/aromatic N) is 2. The zero-order valence-corrected chi connectivity index (χ0v) is 42.9. The minimum atomic E-state index is -1.86. The predicted octanol–water partition coefficient (Wildman–Crippen LogP) is 0.679. The van der Waals surface area contributed by atoms with Crippen LogP contribution < -0.4 is 43.4 Å². The summed E-state index contributed by atoms with van der Waals surface area (Å²) >= 11 is 0. The number of rotatable bonds is 16. The number of carbonyl (C=O) groups excluding carboxylic acids is 8. The van der Waals surface area contributed by atoms with E-state index in [1.807, 2.05) is 43.3 Å². The number of carboxylic acid groups (broad SMARTS) is 2. The number of amides is 7. The normalized spacial score (nSPS) is 23.8. The molecule has 2 rings (SSSR count). The molecule has 1 aromatic rings. The van der Waals surface area contributed by atoms with Crippen LogP contribution in [0.5, 0.6) is 0 Å². The maximum Gasteiger partial charge on any atom is 0.326 e. The molecule has 23 nitrogen and oxygen atoms in total. The van der Waals surface area contributed by atoms with E-state index in [-0.39, 0.29) is 43.6 Å². The van der Waals surface area contributed by atoms with Gasteiger partial charge < -0.3 is 63.2 Å². The van der Waals surface area contributed by atoms with E-state index in [0.717, 1.165) is 10.5 Å². The lowest BCUT2D eigenvalue weighted by molar-refractivity contribution is -0.148. The summed E-state index contributed by atoms with van der Waals surface area (Å²) in [6.07, 6.45) is 3.44. The molecule has 1 aliphatic rings. The molecule has 402 valence electrons. The number of aliphatic carboxylic acids is 2. The molecule has 1 fully saturated rings.